The lowest BCUT2D eigenvalue weighted by atomic mass is 10.1. The molecule has 2 rings (SSSR count). The summed E-state index contributed by atoms with van der Waals surface area (Å²) in [4.78, 5) is 16.0. The number of nitrogens with two attached hydrogens (primary N) is 1. The summed E-state index contributed by atoms with van der Waals surface area (Å²) in [5.41, 5.74) is 6.57. The van der Waals surface area contributed by atoms with Crippen LogP contribution in [0.25, 0.3) is 0 Å². The van der Waals surface area contributed by atoms with Gasteiger partial charge in [-0.2, -0.15) is 11.8 Å². The number of anilines is 1. The predicted octanol–water partition coefficient (Wildman–Crippen LogP) is 1.62. The van der Waals surface area contributed by atoms with Crippen molar-refractivity contribution in [3.63, 3.8) is 0 Å². The van der Waals surface area contributed by atoms with Crippen LogP contribution in [0.15, 0.2) is 18.3 Å². The number of carbonyl (C=O) groups excluding carboxylic acids is 1. The Balaban J connectivity index is 1.99. The average Bonchev–Trinajstić information content (AvgIpc) is 2.33. The molecule has 1 aromatic rings. The van der Waals surface area contributed by atoms with Gasteiger partial charge < -0.3 is 5.73 Å². The summed E-state index contributed by atoms with van der Waals surface area (Å²) >= 11 is 3.62. The molecule has 0 bridgehead atoms. The summed E-state index contributed by atoms with van der Waals surface area (Å²) in [5.74, 6) is 3.91. The van der Waals surface area contributed by atoms with Gasteiger partial charge in [0.25, 0.3) is 0 Å². The van der Waals surface area contributed by atoms with Gasteiger partial charge in [0.2, 0.25) is 0 Å². The zero-order valence-corrected chi connectivity index (χ0v) is 10.5. The van der Waals surface area contributed by atoms with Crippen molar-refractivity contribution in [1.29, 1.82) is 0 Å². The second-order valence-electron chi connectivity index (χ2n) is 3.63. The summed E-state index contributed by atoms with van der Waals surface area (Å²) < 4.78 is 0. The Morgan fingerprint density at radius 3 is 3.12 bits per heavy atom. The lowest BCUT2D eigenvalue weighted by molar-refractivity contribution is -0.117. The van der Waals surface area contributed by atoms with Crippen molar-refractivity contribution in [3.05, 3.63) is 23.9 Å². The maximum absolute atomic E-state index is 12.0. The van der Waals surface area contributed by atoms with E-state index in [4.69, 9.17) is 5.73 Å². The van der Waals surface area contributed by atoms with Gasteiger partial charge in [0.1, 0.15) is 5.82 Å². The summed E-state index contributed by atoms with van der Waals surface area (Å²) in [6.07, 6.45) is 2.06. The maximum atomic E-state index is 12.0. The molecule has 0 aromatic carbocycles. The molecule has 2 N–H and O–H groups in total. The number of nitrogen functional groups attached to an aromatic ring is 1. The molecule has 0 aliphatic carbocycles. The van der Waals surface area contributed by atoms with Crippen LogP contribution in [0.4, 0.5) is 5.82 Å². The van der Waals surface area contributed by atoms with Crippen LogP contribution in [0, 0.1) is 0 Å². The number of hydrogen-bond acceptors (Lipinski definition) is 5. The molecule has 16 heavy (non-hydrogen) atoms. The zero-order chi connectivity index (χ0) is 11.4. The summed E-state index contributed by atoms with van der Waals surface area (Å²) in [5, 5.41) is 0.137. The van der Waals surface area contributed by atoms with Gasteiger partial charge in [0, 0.05) is 35.4 Å². The van der Waals surface area contributed by atoms with Crippen molar-refractivity contribution in [1.82, 2.24) is 4.98 Å². The largest absolute Gasteiger partial charge is 0.383 e. The molecule has 0 amide bonds. The highest BCUT2D eigenvalue weighted by Crippen LogP contribution is 2.26. The third-order valence-electron chi connectivity index (χ3n) is 2.47. The van der Waals surface area contributed by atoms with E-state index in [1.807, 2.05) is 23.9 Å². The normalized spacial score (nSPS) is 20.6. The van der Waals surface area contributed by atoms with Crippen molar-refractivity contribution < 1.29 is 4.79 Å². The Kier molecular flexibility index (Phi) is 4.12. The Labute approximate surface area is 104 Å². The molecule has 1 aliphatic heterocycles. The topological polar surface area (TPSA) is 56.0 Å². The molecule has 1 aliphatic rings. The third-order valence-corrected chi connectivity index (χ3v) is 5.27. The number of carbonyl (C=O) groups is 1. The number of rotatable bonds is 3. The van der Waals surface area contributed by atoms with Gasteiger partial charge >= 0.3 is 0 Å². The number of hydrogen-bond donors (Lipinski definition) is 1. The quantitative estimate of drug-likeness (QED) is 0.888. The molecule has 0 radical (unpaired) electrons. The standard InChI is InChI=1S/C11H14N2OS2/c12-11-8(2-1-3-13-11)6-9(14)10-7-15-4-5-16-10/h1-3,10H,4-7H2,(H2,12,13). The molecule has 5 heteroatoms. The van der Waals surface area contributed by atoms with E-state index in [1.54, 1.807) is 18.0 Å². The van der Waals surface area contributed by atoms with Crippen molar-refractivity contribution in [3.8, 4) is 0 Å². The zero-order valence-electron chi connectivity index (χ0n) is 8.89. The van der Waals surface area contributed by atoms with Crippen LogP contribution in [-0.2, 0) is 11.2 Å². The van der Waals surface area contributed by atoms with E-state index < -0.39 is 0 Å². The highest BCUT2D eigenvalue weighted by molar-refractivity contribution is 8.07. The van der Waals surface area contributed by atoms with Crippen molar-refractivity contribution in [2.75, 3.05) is 23.0 Å². The number of aromatic nitrogens is 1. The Morgan fingerprint density at radius 2 is 2.44 bits per heavy atom. The molecule has 1 fully saturated rings. The van der Waals surface area contributed by atoms with E-state index in [9.17, 15) is 4.79 Å². The van der Waals surface area contributed by atoms with Gasteiger partial charge in [-0.25, -0.2) is 4.98 Å². The van der Waals surface area contributed by atoms with E-state index in [0.717, 1.165) is 22.8 Å². The first-order valence-corrected chi connectivity index (χ1v) is 7.39. The summed E-state index contributed by atoms with van der Waals surface area (Å²) in [6, 6.07) is 3.70. The van der Waals surface area contributed by atoms with E-state index in [0.29, 0.717) is 12.2 Å². The van der Waals surface area contributed by atoms with Crippen molar-refractivity contribution in [2.24, 2.45) is 0 Å². The van der Waals surface area contributed by atoms with E-state index in [-0.39, 0.29) is 11.0 Å². The SMILES string of the molecule is Nc1ncccc1CC(=O)C1CSCCS1. The van der Waals surface area contributed by atoms with E-state index >= 15 is 0 Å². The van der Waals surface area contributed by atoms with Crippen LogP contribution >= 0.6 is 23.5 Å². The minimum Gasteiger partial charge on any atom is -0.383 e. The van der Waals surface area contributed by atoms with Crippen LogP contribution in [0.3, 0.4) is 0 Å². The van der Waals surface area contributed by atoms with Gasteiger partial charge in [0.05, 0.1) is 5.25 Å². The maximum Gasteiger partial charge on any atom is 0.151 e. The van der Waals surface area contributed by atoms with E-state index in [1.165, 1.54) is 0 Å². The molecule has 1 atom stereocenters. The molecular weight excluding hydrogens is 240 g/mol. The number of nitrogens with zero attached hydrogens (tertiary/aromatic N) is 1. The fraction of sp³-hybridized carbons (Fsp3) is 0.455. The van der Waals surface area contributed by atoms with Crippen LogP contribution in [0.2, 0.25) is 0 Å². The van der Waals surface area contributed by atoms with Crippen molar-refractivity contribution >= 4 is 35.1 Å². The number of pyridine rings is 1. The van der Waals surface area contributed by atoms with Gasteiger partial charge in [-0.3, -0.25) is 4.79 Å². The highest BCUT2D eigenvalue weighted by Gasteiger charge is 2.22. The van der Waals surface area contributed by atoms with E-state index in [2.05, 4.69) is 4.98 Å². The molecule has 0 spiro atoms. The van der Waals surface area contributed by atoms with Crippen LogP contribution in [0.1, 0.15) is 5.56 Å². The highest BCUT2D eigenvalue weighted by atomic mass is 32.2. The molecule has 1 unspecified atom stereocenters. The molecule has 1 aromatic heterocycles. The average molecular weight is 254 g/mol. The Morgan fingerprint density at radius 1 is 1.56 bits per heavy atom. The number of Topliss-reactive ketones (excluding diaryl/α,β-unsaturated/α-hetero) is 1. The van der Waals surface area contributed by atoms with Gasteiger partial charge in [-0.1, -0.05) is 6.07 Å². The molecule has 0 saturated carbocycles. The minimum absolute atomic E-state index is 0.137. The van der Waals surface area contributed by atoms with Gasteiger partial charge in [-0.05, 0) is 6.07 Å². The van der Waals surface area contributed by atoms with Gasteiger partial charge in [-0.15, -0.1) is 11.8 Å². The van der Waals surface area contributed by atoms with Gasteiger partial charge in [0.15, 0.2) is 5.78 Å². The summed E-state index contributed by atoms with van der Waals surface area (Å²) in [6.45, 7) is 0. The first-order valence-electron chi connectivity index (χ1n) is 5.19. The predicted molar refractivity (Wildman–Crippen MR) is 70.9 cm³/mol. The summed E-state index contributed by atoms with van der Waals surface area (Å²) in [7, 11) is 0. The second-order valence-corrected chi connectivity index (χ2v) is 6.09. The monoisotopic (exact) mass is 254 g/mol. The second kappa shape index (κ2) is 5.59. The molecule has 2 heterocycles. The Hall–Kier alpha value is -0.680. The molecule has 1 saturated heterocycles. The number of ketones is 1. The smallest absolute Gasteiger partial charge is 0.151 e. The van der Waals surface area contributed by atoms with Crippen LogP contribution < -0.4 is 5.73 Å². The number of thioether (sulfide) groups is 2. The van der Waals surface area contributed by atoms with Crippen LogP contribution in [-0.4, -0.2) is 33.3 Å². The first kappa shape index (κ1) is 11.8. The molecular formula is C11H14N2OS2. The third kappa shape index (κ3) is 2.92. The Bertz CT molecular complexity index is 378. The lowest BCUT2D eigenvalue weighted by Gasteiger charge is -2.19. The molecule has 86 valence electrons. The molecule has 3 nitrogen and oxygen atoms in total. The minimum atomic E-state index is 0.137. The van der Waals surface area contributed by atoms with Crippen molar-refractivity contribution in [2.45, 2.75) is 11.7 Å². The first-order chi connectivity index (χ1) is 7.77. The fourth-order valence-corrected chi connectivity index (χ4v) is 4.23. The fourth-order valence-electron chi connectivity index (χ4n) is 1.58. The lowest BCUT2D eigenvalue weighted by Crippen LogP contribution is -2.26. The van der Waals surface area contributed by atoms with Crippen LogP contribution in [0.5, 0.6) is 0 Å².